The van der Waals surface area contributed by atoms with Crippen LogP contribution in [0.1, 0.15) is 12.5 Å². The average molecular weight is 233 g/mol. The zero-order chi connectivity index (χ0) is 11.2. The van der Waals surface area contributed by atoms with Gasteiger partial charge in [0, 0.05) is 22.7 Å². The van der Waals surface area contributed by atoms with Crippen LogP contribution in [-0.2, 0) is 6.54 Å². The fourth-order valence-electron chi connectivity index (χ4n) is 1.46. The van der Waals surface area contributed by atoms with Crippen LogP contribution < -0.4 is 5.32 Å². The van der Waals surface area contributed by atoms with Gasteiger partial charge in [-0.05, 0) is 30.0 Å². The lowest BCUT2D eigenvalue weighted by Crippen LogP contribution is -1.97. The quantitative estimate of drug-likeness (QED) is 0.790. The summed E-state index contributed by atoms with van der Waals surface area (Å²) in [6, 6.07) is 10.4. The van der Waals surface area contributed by atoms with E-state index in [0.29, 0.717) is 0 Å². The Hall–Kier alpha value is -1.35. The van der Waals surface area contributed by atoms with Gasteiger partial charge in [0.2, 0.25) is 0 Å². The second-order valence-corrected chi connectivity index (χ2v) is 4.78. The summed E-state index contributed by atoms with van der Waals surface area (Å²) in [6.07, 6.45) is 3.46. The molecule has 0 aliphatic heterocycles. The Kier molecular flexibility index (Phi) is 3.94. The molecule has 0 saturated heterocycles. The molecule has 3 heteroatoms. The zero-order valence-corrected chi connectivity index (χ0v) is 10.1. The van der Waals surface area contributed by atoms with Crippen LogP contribution in [0, 0.1) is 0 Å². The topological polar surface area (TPSA) is 25.2 Å². The van der Waals surface area contributed by atoms with Gasteiger partial charge in [0.1, 0.15) is 0 Å². The molecule has 0 spiro atoms. The monoisotopic (exact) mass is 233 g/mol. The average Bonchev–Trinajstić information content (AvgIpc) is 2.80. The standard InChI is InChI=1S/C13H15NOS/c1-2-16-13-5-3-4-12(8-13)14-9-11-6-7-15-10-11/h3-8,10,14H,2,9H2,1H3. The maximum absolute atomic E-state index is 5.02. The molecule has 0 radical (unpaired) electrons. The molecular weight excluding hydrogens is 218 g/mol. The molecule has 0 atom stereocenters. The predicted octanol–water partition coefficient (Wildman–Crippen LogP) is 4.00. The fourth-order valence-corrected chi connectivity index (χ4v) is 2.18. The second-order valence-electron chi connectivity index (χ2n) is 3.45. The highest BCUT2D eigenvalue weighted by molar-refractivity contribution is 7.99. The highest BCUT2D eigenvalue weighted by Crippen LogP contribution is 2.21. The Morgan fingerprint density at radius 3 is 3.00 bits per heavy atom. The third-order valence-electron chi connectivity index (χ3n) is 2.22. The van der Waals surface area contributed by atoms with Crippen molar-refractivity contribution in [3.63, 3.8) is 0 Å². The number of rotatable bonds is 5. The first-order chi connectivity index (χ1) is 7.88. The van der Waals surface area contributed by atoms with Crippen molar-refractivity contribution in [1.82, 2.24) is 0 Å². The van der Waals surface area contributed by atoms with Gasteiger partial charge >= 0.3 is 0 Å². The minimum absolute atomic E-state index is 0.802. The Bertz CT molecular complexity index is 425. The molecule has 1 aromatic carbocycles. The number of furan rings is 1. The SMILES string of the molecule is CCSc1cccc(NCc2ccoc2)c1. The van der Waals surface area contributed by atoms with Gasteiger partial charge in [-0.25, -0.2) is 0 Å². The van der Waals surface area contributed by atoms with E-state index < -0.39 is 0 Å². The summed E-state index contributed by atoms with van der Waals surface area (Å²) in [6.45, 7) is 2.97. The molecule has 1 aromatic heterocycles. The van der Waals surface area contributed by atoms with Crippen molar-refractivity contribution in [3.05, 3.63) is 48.4 Å². The summed E-state index contributed by atoms with van der Waals surface area (Å²) in [5.41, 5.74) is 2.31. The molecule has 2 nitrogen and oxygen atoms in total. The summed E-state index contributed by atoms with van der Waals surface area (Å²) < 4.78 is 5.02. The van der Waals surface area contributed by atoms with Gasteiger partial charge in [0.05, 0.1) is 12.5 Å². The number of thioether (sulfide) groups is 1. The Morgan fingerprint density at radius 2 is 2.25 bits per heavy atom. The van der Waals surface area contributed by atoms with Crippen LogP contribution in [0.4, 0.5) is 5.69 Å². The van der Waals surface area contributed by atoms with Gasteiger partial charge in [-0.1, -0.05) is 13.0 Å². The first kappa shape index (κ1) is 11.1. The Balaban J connectivity index is 1.96. The third kappa shape index (κ3) is 3.07. The van der Waals surface area contributed by atoms with Crippen molar-refractivity contribution in [2.24, 2.45) is 0 Å². The van der Waals surface area contributed by atoms with Gasteiger partial charge in [-0.3, -0.25) is 0 Å². The van der Waals surface area contributed by atoms with E-state index in [1.807, 2.05) is 17.8 Å². The van der Waals surface area contributed by atoms with E-state index in [2.05, 4.69) is 36.5 Å². The van der Waals surface area contributed by atoms with E-state index in [1.54, 1.807) is 12.5 Å². The Morgan fingerprint density at radius 1 is 1.31 bits per heavy atom. The van der Waals surface area contributed by atoms with Crippen LogP contribution in [-0.4, -0.2) is 5.75 Å². The number of hydrogen-bond acceptors (Lipinski definition) is 3. The van der Waals surface area contributed by atoms with Crippen molar-refractivity contribution < 1.29 is 4.42 Å². The maximum Gasteiger partial charge on any atom is 0.0952 e. The van der Waals surface area contributed by atoms with Gasteiger partial charge < -0.3 is 9.73 Å². The van der Waals surface area contributed by atoms with E-state index in [0.717, 1.165) is 23.5 Å². The van der Waals surface area contributed by atoms with Crippen LogP contribution in [0.5, 0.6) is 0 Å². The van der Waals surface area contributed by atoms with Crippen LogP contribution in [0.2, 0.25) is 0 Å². The lowest BCUT2D eigenvalue weighted by atomic mass is 10.3. The number of hydrogen-bond donors (Lipinski definition) is 1. The molecule has 0 fully saturated rings. The molecule has 2 rings (SSSR count). The molecule has 84 valence electrons. The summed E-state index contributed by atoms with van der Waals surface area (Å²) in [5.74, 6) is 1.10. The van der Waals surface area contributed by atoms with Gasteiger partial charge in [-0.2, -0.15) is 0 Å². The first-order valence-electron chi connectivity index (χ1n) is 5.36. The van der Waals surface area contributed by atoms with Crippen LogP contribution in [0.25, 0.3) is 0 Å². The zero-order valence-electron chi connectivity index (χ0n) is 9.27. The molecule has 0 amide bonds. The number of benzene rings is 1. The highest BCUT2D eigenvalue weighted by atomic mass is 32.2. The summed E-state index contributed by atoms with van der Waals surface area (Å²) in [5, 5.41) is 3.37. The Labute approximate surface area is 100 Å². The van der Waals surface area contributed by atoms with Crippen LogP contribution >= 0.6 is 11.8 Å². The molecular formula is C13H15NOS. The smallest absolute Gasteiger partial charge is 0.0952 e. The minimum atomic E-state index is 0.802. The molecule has 1 heterocycles. The van der Waals surface area contributed by atoms with E-state index in [1.165, 1.54) is 4.90 Å². The van der Waals surface area contributed by atoms with Crippen molar-refractivity contribution >= 4 is 17.4 Å². The van der Waals surface area contributed by atoms with E-state index >= 15 is 0 Å². The van der Waals surface area contributed by atoms with Crippen LogP contribution in [0.3, 0.4) is 0 Å². The summed E-state index contributed by atoms with van der Waals surface area (Å²) in [7, 11) is 0. The molecule has 16 heavy (non-hydrogen) atoms. The van der Waals surface area contributed by atoms with E-state index in [9.17, 15) is 0 Å². The van der Waals surface area contributed by atoms with Gasteiger partial charge in [-0.15, -0.1) is 11.8 Å². The lowest BCUT2D eigenvalue weighted by molar-refractivity contribution is 0.564. The van der Waals surface area contributed by atoms with Gasteiger partial charge in [0.15, 0.2) is 0 Å². The molecule has 0 aliphatic rings. The summed E-state index contributed by atoms with van der Waals surface area (Å²) in [4.78, 5) is 1.31. The van der Waals surface area contributed by atoms with Crippen molar-refractivity contribution in [1.29, 1.82) is 0 Å². The van der Waals surface area contributed by atoms with Gasteiger partial charge in [0.25, 0.3) is 0 Å². The van der Waals surface area contributed by atoms with Crippen molar-refractivity contribution in [3.8, 4) is 0 Å². The van der Waals surface area contributed by atoms with Crippen molar-refractivity contribution in [2.75, 3.05) is 11.1 Å². The second kappa shape index (κ2) is 5.66. The third-order valence-corrected chi connectivity index (χ3v) is 3.10. The molecule has 2 aromatic rings. The summed E-state index contributed by atoms with van der Waals surface area (Å²) >= 11 is 1.85. The largest absolute Gasteiger partial charge is 0.472 e. The first-order valence-corrected chi connectivity index (χ1v) is 6.35. The van der Waals surface area contributed by atoms with E-state index in [-0.39, 0.29) is 0 Å². The molecule has 0 aliphatic carbocycles. The lowest BCUT2D eigenvalue weighted by Gasteiger charge is -2.06. The molecule has 1 N–H and O–H groups in total. The number of nitrogens with one attached hydrogen (secondary N) is 1. The maximum atomic E-state index is 5.02. The number of anilines is 1. The molecule has 0 saturated carbocycles. The van der Waals surface area contributed by atoms with Crippen molar-refractivity contribution in [2.45, 2.75) is 18.4 Å². The van der Waals surface area contributed by atoms with E-state index in [4.69, 9.17) is 4.42 Å². The fraction of sp³-hybridized carbons (Fsp3) is 0.231. The molecule has 0 bridgehead atoms. The molecule has 0 unspecified atom stereocenters. The van der Waals surface area contributed by atoms with Crippen LogP contribution in [0.15, 0.2) is 52.2 Å². The minimum Gasteiger partial charge on any atom is -0.472 e. The normalized spacial score (nSPS) is 10.3. The highest BCUT2D eigenvalue weighted by Gasteiger charge is 1.97. The predicted molar refractivity (Wildman–Crippen MR) is 68.9 cm³/mol.